The topological polar surface area (TPSA) is 17.8 Å². The third-order valence-electron chi connectivity index (χ3n) is 3.20. The van der Waals surface area contributed by atoms with E-state index in [9.17, 15) is 4.39 Å². The van der Waals surface area contributed by atoms with E-state index in [1.807, 2.05) is 29.7 Å². The van der Waals surface area contributed by atoms with Gasteiger partial charge in [-0.25, -0.2) is 9.37 Å². The normalized spacial score (nSPS) is 11.3. The summed E-state index contributed by atoms with van der Waals surface area (Å²) in [6.07, 6.45) is 0. The molecule has 6 heteroatoms. The van der Waals surface area contributed by atoms with Crippen molar-refractivity contribution in [1.29, 1.82) is 0 Å². The quantitative estimate of drug-likeness (QED) is 0.521. The Labute approximate surface area is 139 Å². The molecule has 3 rings (SSSR count). The van der Waals surface area contributed by atoms with Crippen molar-refractivity contribution in [2.24, 2.45) is 0 Å². The van der Waals surface area contributed by atoms with E-state index in [2.05, 4.69) is 20.9 Å². The van der Waals surface area contributed by atoms with Gasteiger partial charge in [-0.15, -0.1) is 11.6 Å². The minimum Gasteiger partial charge on any atom is -0.293 e. The highest BCUT2D eigenvalue weighted by molar-refractivity contribution is 9.10. The molecule has 0 N–H and O–H groups in total. The second kappa shape index (κ2) is 5.59. The summed E-state index contributed by atoms with van der Waals surface area (Å²) in [7, 11) is 0. The van der Waals surface area contributed by atoms with Gasteiger partial charge < -0.3 is 0 Å². The molecule has 0 amide bonds. The molecule has 0 radical (unpaired) electrons. The summed E-state index contributed by atoms with van der Waals surface area (Å²) >= 11 is 15.6. The minimum absolute atomic E-state index is 0.230. The first-order valence-corrected chi connectivity index (χ1v) is 7.90. The highest BCUT2D eigenvalue weighted by Crippen LogP contribution is 2.34. The molecule has 0 unspecified atom stereocenters. The Bertz CT molecular complexity index is 822. The van der Waals surface area contributed by atoms with E-state index in [4.69, 9.17) is 23.2 Å². The van der Waals surface area contributed by atoms with Crippen molar-refractivity contribution in [1.82, 2.24) is 9.55 Å². The molecule has 0 bridgehead atoms. The largest absolute Gasteiger partial charge is 0.293 e. The average molecular weight is 388 g/mol. The Hall–Kier alpha value is -1.10. The SMILES string of the molecule is Cc1ccc2nc(CCl)n(-c3c(Cl)cc(F)cc3Br)c2c1. The first kappa shape index (κ1) is 14.8. The van der Waals surface area contributed by atoms with Gasteiger partial charge in [-0.3, -0.25) is 4.57 Å². The molecule has 0 atom stereocenters. The summed E-state index contributed by atoms with van der Waals surface area (Å²) in [5, 5.41) is 0.300. The van der Waals surface area contributed by atoms with E-state index in [1.54, 1.807) is 0 Å². The number of hydrogen-bond donors (Lipinski definition) is 0. The highest BCUT2D eigenvalue weighted by Gasteiger charge is 2.17. The van der Waals surface area contributed by atoms with E-state index < -0.39 is 5.82 Å². The van der Waals surface area contributed by atoms with Crippen LogP contribution in [0.25, 0.3) is 16.7 Å². The maximum Gasteiger partial charge on any atom is 0.129 e. The molecule has 2 aromatic carbocycles. The van der Waals surface area contributed by atoms with Gasteiger partial charge in [-0.1, -0.05) is 17.7 Å². The van der Waals surface area contributed by atoms with Gasteiger partial charge in [0.15, 0.2) is 0 Å². The number of fused-ring (bicyclic) bond motifs is 1. The number of halogens is 4. The molecule has 0 aliphatic rings. The Morgan fingerprint density at radius 2 is 2.05 bits per heavy atom. The summed E-state index contributed by atoms with van der Waals surface area (Å²) < 4.78 is 15.9. The Balaban J connectivity index is 2.41. The first-order valence-electron chi connectivity index (χ1n) is 6.20. The van der Waals surface area contributed by atoms with Crippen LogP contribution < -0.4 is 0 Å². The maximum absolute atomic E-state index is 13.4. The lowest BCUT2D eigenvalue weighted by Gasteiger charge is -2.12. The van der Waals surface area contributed by atoms with Crippen LogP contribution >= 0.6 is 39.1 Å². The van der Waals surface area contributed by atoms with Gasteiger partial charge in [0.1, 0.15) is 11.6 Å². The van der Waals surface area contributed by atoms with Crippen molar-refractivity contribution in [3.05, 3.63) is 57.0 Å². The molecular formula is C15H10BrCl2FN2. The molecule has 0 spiro atoms. The Kier molecular flexibility index (Phi) is 3.95. The molecule has 1 aromatic heterocycles. The van der Waals surface area contributed by atoms with Crippen LogP contribution in [-0.2, 0) is 5.88 Å². The Morgan fingerprint density at radius 1 is 1.29 bits per heavy atom. The van der Waals surface area contributed by atoms with Crippen molar-refractivity contribution in [3.63, 3.8) is 0 Å². The first-order chi connectivity index (χ1) is 10.0. The van der Waals surface area contributed by atoms with Crippen LogP contribution in [0.2, 0.25) is 5.02 Å². The molecule has 108 valence electrons. The van der Waals surface area contributed by atoms with Crippen LogP contribution in [0.3, 0.4) is 0 Å². The van der Waals surface area contributed by atoms with Crippen LogP contribution in [-0.4, -0.2) is 9.55 Å². The second-order valence-corrected chi connectivity index (χ2v) is 6.24. The number of aromatic nitrogens is 2. The van der Waals surface area contributed by atoms with Crippen molar-refractivity contribution in [3.8, 4) is 5.69 Å². The van der Waals surface area contributed by atoms with Crippen molar-refractivity contribution >= 4 is 50.2 Å². The number of nitrogens with zero attached hydrogens (tertiary/aromatic N) is 2. The van der Waals surface area contributed by atoms with Crippen molar-refractivity contribution in [2.45, 2.75) is 12.8 Å². The fourth-order valence-corrected chi connectivity index (χ4v) is 3.52. The smallest absolute Gasteiger partial charge is 0.129 e. The molecule has 0 aliphatic heterocycles. The lowest BCUT2D eigenvalue weighted by Crippen LogP contribution is -2.02. The molecule has 0 saturated heterocycles. The summed E-state index contributed by atoms with van der Waals surface area (Å²) in [5.74, 6) is 0.489. The van der Waals surface area contributed by atoms with Crippen LogP contribution in [0.15, 0.2) is 34.8 Å². The maximum atomic E-state index is 13.4. The van der Waals surface area contributed by atoms with Crippen LogP contribution in [0.4, 0.5) is 4.39 Å². The number of imidazole rings is 1. The van der Waals surface area contributed by atoms with E-state index >= 15 is 0 Å². The molecule has 3 aromatic rings. The molecule has 0 saturated carbocycles. The number of benzene rings is 2. The van der Waals surface area contributed by atoms with Crippen molar-refractivity contribution in [2.75, 3.05) is 0 Å². The number of rotatable bonds is 2. The third kappa shape index (κ3) is 2.56. The fraction of sp³-hybridized carbons (Fsp3) is 0.133. The highest BCUT2D eigenvalue weighted by atomic mass is 79.9. The summed E-state index contributed by atoms with van der Waals surface area (Å²) in [4.78, 5) is 4.51. The van der Waals surface area contributed by atoms with Gasteiger partial charge in [0.2, 0.25) is 0 Å². The molecule has 2 nitrogen and oxygen atoms in total. The fourth-order valence-electron chi connectivity index (χ4n) is 2.32. The molecule has 21 heavy (non-hydrogen) atoms. The van der Waals surface area contributed by atoms with E-state index in [0.29, 0.717) is 21.0 Å². The van der Waals surface area contributed by atoms with Crippen LogP contribution in [0.5, 0.6) is 0 Å². The Morgan fingerprint density at radius 3 is 2.71 bits per heavy atom. The van der Waals surface area contributed by atoms with Crippen molar-refractivity contribution < 1.29 is 4.39 Å². The standard InChI is InChI=1S/C15H10BrCl2FN2/c1-8-2-3-12-13(4-8)21(14(7-17)20-12)15-10(16)5-9(19)6-11(15)18/h2-6H,7H2,1H3. The summed E-state index contributed by atoms with van der Waals surface area (Å²) in [5.41, 5.74) is 3.45. The zero-order valence-electron chi connectivity index (χ0n) is 11.0. The number of alkyl halides is 1. The van der Waals surface area contributed by atoms with Crippen LogP contribution in [0.1, 0.15) is 11.4 Å². The zero-order valence-corrected chi connectivity index (χ0v) is 14.1. The van der Waals surface area contributed by atoms with E-state index in [1.165, 1.54) is 12.1 Å². The van der Waals surface area contributed by atoms with Gasteiger partial charge in [-0.2, -0.15) is 0 Å². The average Bonchev–Trinajstić information content (AvgIpc) is 2.76. The van der Waals surface area contributed by atoms with Gasteiger partial charge in [0.25, 0.3) is 0 Å². The lowest BCUT2D eigenvalue weighted by molar-refractivity contribution is 0.626. The van der Waals surface area contributed by atoms with E-state index in [0.717, 1.165) is 16.6 Å². The van der Waals surface area contributed by atoms with Crippen LogP contribution in [0, 0.1) is 12.7 Å². The monoisotopic (exact) mass is 386 g/mol. The van der Waals surface area contributed by atoms with Gasteiger partial charge in [0.05, 0.1) is 27.6 Å². The lowest BCUT2D eigenvalue weighted by atomic mass is 10.2. The minimum atomic E-state index is -0.399. The van der Waals surface area contributed by atoms with Gasteiger partial charge in [0, 0.05) is 4.47 Å². The van der Waals surface area contributed by atoms with Gasteiger partial charge >= 0.3 is 0 Å². The predicted molar refractivity (Wildman–Crippen MR) is 88.0 cm³/mol. The third-order valence-corrected chi connectivity index (χ3v) is 4.34. The number of aryl methyl sites for hydroxylation is 1. The molecule has 0 aliphatic carbocycles. The van der Waals surface area contributed by atoms with Gasteiger partial charge in [-0.05, 0) is 52.7 Å². The summed E-state index contributed by atoms with van der Waals surface area (Å²) in [6.45, 7) is 2.00. The van der Waals surface area contributed by atoms with E-state index in [-0.39, 0.29) is 5.88 Å². The number of hydrogen-bond acceptors (Lipinski definition) is 1. The molecular weight excluding hydrogens is 378 g/mol. The predicted octanol–water partition coefficient (Wildman–Crippen LogP) is 5.63. The second-order valence-electron chi connectivity index (χ2n) is 4.71. The zero-order chi connectivity index (χ0) is 15.1. The molecule has 0 fully saturated rings. The summed E-state index contributed by atoms with van der Waals surface area (Å²) in [6, 6.07) is 8.58. The molecule has 1 heterocycles.